The van der Waals surface area contributed by atoms with Gasteiger partial charge in [0, 0.05) is 11.6 Å². The van der Waals surface area contributed by atoms with Gasteiger partial charge in [-0.05, 0) is 13.0 Å². The molecule has 1 aromatic carbocycles. The van der Waals surface area contributed by atoms with Crippen molar-refractivity contribution < 1.29 is 14.1 Å². The molecule has 0 aliphatic heterocycles. The van der Waals surface area contributed by atoms with Gasteiger partial charge in [-0.2, -0.15) is 0 Å². The Balaban J connectivity index is 2.15. The number of benzene rings is 1. The monoisotopic (exact) mass is 292 g/mol. The molecule has 2 amide bonds. The third-order valence-electron chi connectivity index (χ3n) is 2.42. The first-order chi connectivity index (χ1) is 9.61. The number of aromatic nitrogens is 3. The number of nitrogens with zero attached hydrogens (tertiary/aromatic N) is 3. The zero-order chi connectivity index (χ0) is 14.5. The Labute approximate surface area is 119 Å². The lowest BCUT2D eigenvalue weighted by atomic mass is 10.2. The highest BCUT2D eigenvalue weighted by molar-refractivity contribution is 6.31. The van der Waals surface area contributed by atoms with Gasteiger partial charge in [-0.25, -0.2) is 4.79 Å². The molecule has 1 heterocycles. The number of carbonyl (C=O) groups is 1. The molecule has 7 nitrogen and oxygen atoms in total. The van der Waals surface area contributed by atoms with Crippen molar-refractivity contribution in [3.8, 4) is 18.0 Å². The van der Waals surface area contributed by atoms with Crippen LogP contribution in [0.2, 0.25) is 5.02 Å². The number of hydrogen-bond donors (Lipinski definition) is 2. The number of terminal acetylenes is 1. The summed E-state index contributed by atoms with van der Waals surface area (Å²) in [4.78, 5) is 12.6. The zero-order valence-electron chi connectivity index (χ0n) is 10.6. The standard InChI is InChI=1S/C12H10ClN5O2/c1-3-7-14-11(19)15-12-16-18(17-20-12)10-6-4-5-9(13)8(10)2/h1,4-6H,7H2,2H3,(H-,14,15,16,17,19)/p+1. The van der Waals surface area contributed by atoms with E-state index in [1.807, 2.05) is 6.92 Å². The van der Waals surface area contributed by atoms with Crippen molar-refractivity contribution in [3.05, 3.63) is 28.8 Å². The molecule has 0 bridgehead atoms. The van der Waals surface area contributed by atoms with E-state index < -0.39 is 6.03 Å². The van der Waals surface area contributed by atoms with Gasteiger partial charge in [-0.15, -0.1) is 6.42 Å². The van der Waals surface area contributed by atoms with Crippen molar-refractivity contribution in [1.82, 2.24) is 15.7 Å². The second-order valence-electron chi connectivity index (χ2n) is 3.76. The molecule has 0 radical (unpaired) electrons. The Morgan fingerprint density at radius 1 is 1.60 bits per heavy atom. The van der Waals surface area contributed by atoms with E-state index in [4.69, 9.17) is 22.5 Å². The maximum absolute atomic E-state index is 11.4. The predicted octanol–water partition coefficient (Wildman–Crippen LogP) is 1.06. The molecular formula is C12H11ClN5O2+. The van der Waals surface area contributed by atoms with Gasteiger partial charge in [-0.1, -0.05) is 23.6 Å². The Hall–Kier alpha value is -2.59. The highest BCUT2D eigenvalue weighted by Gasteiger charge is 2.21. The summed E-state index contributed by atoms with van der Waals surface area (Å²) in [5, 5.41) is 13.0. The fourth-order valence-electron chi connectivity index (χ4n) is 1.43. The van der Waals surface area contributed by atoms with Gasteiger partial charge in [0.15, 0.2) is 0 Å². The van der Waals surface area contributed by atoms with Crippen molar-refractivity contribution >= 4 is 23.6 Å². The highest BCUT2D eigenvalue weighted by atomic mass is 35.5. The highest BCUT2D eigenvalue weighted by Crippen LogP contribution is 2.18. The van der Waals surface area contributed by atoms with Crippen LogP contribution in [0.25, 0.3) is 5.69 Å². The Morgan fingerprint density at radius 2 is 2.40 bits per heavy atom. The smallest absolute Gasteiger partial charge is 0.327 e. The summed E-state index contributed by atoms with van der Waals surface area (Å²) in [6, 6.07) is 4.72. The SMILES string of the molecule is C#CCNC(=O)Nc1n[n+](-c2cccc(Cl)c2C)no1. The minimum Gasteiger partial charge on any atom is -0.327 e. The first kappa shape index (κ1) is 13.8. The normalized spacial score (nSPS) is 9.85. The van der Waals surface area contributed by atoms with Gasteiger partial charge in [0.2, 0.25) is 5.27 Å². The van der Waals surface area contributed by atoms with E-state index in [2.05, 4.69) is 26.9 Å². The minimum absolute atomic E-state index is 0.0566. The van der Waals surface area contributed by atoms with Gasteiger partial charge >= 0.3 is 12.0 Å². The fourth-order valence-corrected chi connectivity index (χ4v) is 1.60. The first-order valence-electron chi connectivity index (χ1n) is 5.62. The molecule has 2 N–H and O–H groups in total. The summed E-state index contributed by atoms with van der Waals surface area (Å²) in [5.74, 6) is 2.27. The average molecular weight is 293 g/mol. The van der Waals surface area contributed by atoms with E-state index in [9.17, 15) is 4.79 Å². The van der Waals surface area contributed by atoms with Crippen molar-refractivity contribution in [2.45, 2.75) is 6.92 Å². The molecule has 102 valence electrons. The van der Waals surface area contributed by atoms with E-state index in [1.165, 1.54) is 4.80 Å². The third kappa shape index (κ3) is 3.05. The van der Waals surface area contributed by atoms with Crippen molar-refractivity contribution in [2.75, 3.05) is 11.9 Å². The Bertz CT molecular complexity index is 677. The number of carbonyl (C=O) groups excluding carboxylic acids is 1. The Morgan fingerprint density at radius 3 is 3.15 bits per heavy atom. The van der Waals surface area contributed by atoms with Gasteiger partial charge in [0.05, 0.1) is 16.7 Å². The molecule has 20 heavy (non-hydrogen) atoms. The van der Waals surface area contributed by atoms with Crippen LogP contribution < -0.4 is 15.4 Å². The second kappa shape index (κ2) is 6.04. The van der Waals surface area contributed by atoms with Crippen LogP contribution in [-0.4, -0.2) is 22.9 Å². The van der Waals surface area contributed by atoms with E-state index in [0.29, 0.717) is 10.7 Å². The van der Waals surface area contributed by atoms with E-state index in [1.54, 1.807) is 18.2 Å². The van der Waals surface area contributed by atoms with Gasteiger partial charge in [0.25, 0.3) is 5.69 Å². The lowest BCUT2D eigenvalue weighted by molar-refractivity contribution is -0.725. The molecule has 0 unspecified atom stereocenters. The number of halogens is 1. The van der Waals surface area contributed by atoms with Crippen LogP contribution in [0.5, 0.6) is 0 Å². The van der Waals surface area contributed by atoms with Crippen molar-refractivity contribution in [1.29, 1.82) is 0 Å². The van der Waals surface area contributed by atoms with Gasteiger partial charge < -0.3 is 5.32 Å². The van der Waals surface area contributed by atoms with Crippen LogP contribution in [0, 0.1) is 19.3 Å². The van der Waals surface area contributed by atoms with E-state index in [0.717, 1.165) is 5.56 Å². The summed E-state index contributed by atoms with van der Waals surface area (Å²) in [6.45, 7) is 1.93. The molecule has 0 aliphatic carbocycles. The number of urea groups is 1. The predicted molar refractivity (Wildman–Crippen MR) is 71.4 cm³/mol. The summed E-state index contributed by atoms with van der Waals surface area (Å²) >= 11 is 6.01. The Kier molecular flexibility index (Phi) is 4.17. The van der Waals surface area contributed by atoms with E-state index >= 15 is 0 Å². The molecule has 0 fully saturated rings. The maximum Gasteiger partial charge on any atom is 0.397 e. The van der Waals surface area contributed by atoms with Crippen LogP contribution in [0.15, 0.2) is 22.7 Å². The van der Waals surface area contributed by atoms with Gasteiger partial charge in [0.1, 0.15) is 4.80 Å². The second-order valence-corrected chi connectivity index (χ2v) is 4.17. The van der Waals surface area contributed by atoms with Crippen LogP contribution in [0.4, 0.5) is 10.8 Å². The average Bonchev–Trinajstić information content (AvgIpc) is 2.88. The molecule has 1 aromatic heterocycles. The first-order valence-corrected chi connectivity index (χ1v) is 5.99. The summed E-state index contributed by atoms with van der Waals surface area (Å²) < 4.78 is 4.90. The van der Waals surface area contributed by atoms with Crippen molar-refractivity contribution in [2.24, 2.45) is 0 Å². The molecule has 2 aromatic rings. The van der Waals surface area contributed by atoms with Crippen LogP contribution in [0.1, 0.15) is 5.56 Å². The number of amides is 2. The maximum atomic E-state index is 11.4. The topological polar surface area (TPSA) is 83.9 Å². The van der Waals surface area contributed by atoms with E-state index in [-0.39, 0.29) is 12.6 Å². The molecule has 0 spiro atoms. The van der Waals surface area contributed by atoms with Crippen LogP contribution in [0.3, 0.4) is 0 Å². The molecule has 0 atom stereocenters. The molecule has 0 saturated carbocycles. The molecule has 0 aliphatic rings. The number of nitrogens with one attached hydrogen (secondary N) is 2. The summed E-state index contributed by atoms with van der Waals surface area (Å²) in [7, 11) is 0. The van der Waals surface area contributed by atoms with Crippen LogP contribution >= 0.6 is 11.6 Å². The lowest BCUT2D eigenvalue weighted by Gasteiger charge is -1.97. The molecule has 2 rings (SSSR count). The largest absolute Gasteiger partial charge is 0.397 e. The number of anilines is 1. The quantitative estimate of drug-likeness (QED) is 0.654. The number of hydrogen-bond acceptors (Lipinski definition) is 4. The molecule has 8 heteroatoms. The lowest BCUT2D eigenvalue weighted by Crippen LogP contribution is -2.37. The summed E-state index contributed by atoms with van der Waals surface area (Å²) in [5.41, 5.74) is 1.45. The fraction of sp³-hybridized carbons (Fsp3) is 0.167. The molecular weight excluding hydrogens is 282 g/mol. The van der Waals surface area contributed by atoms with Crippen LogP contribution in [-0.2, 0) is 0 Å². The minimum atomic E-state index is -0.526. The zero-order valence-corrected chi connectivity index (χ0v) is 11.3. The van der Waals surface area contributed by atoms with Crippen molar-refractivity contribution in [3.63, 3.8) is 0 Å². The molecule has 0 saturated heterocycles. The third-order valence-corrected chi connectivity index (χ3v) is 2.83. The van der Waals surface area contributed by atoms with Gasteiger partial charge in [-0.3, -0.25) is 9.84 Å². The summed E-state index contributed by atoms with van der Waals surface area (Å²) in [6.07, 6.45) is 5.02. The number of rotatable bonds is 3.